The average molecular weight is 541 g/mol. The molecule has 0 aliphatic heterocycles. The van der Waals surface area contributed by atoms with Crippen LogP contribution >= 0.6 is 11.6 Å². The van der Waals surface area contributed by atoms with Crippen molar-refractivity contribution in [2.45, 2.75) is 20.0 Å². The standard InChI is InChI=1S/C30H25ClN4O4/c1-18-27(29(37)35(34(18)3)22-9-5-4-6-10-22)33-28(36)19(2)39-30(38)24-17-26(20-13-15-21(31)16-14-20)32-25-12-8-7-11-23(24)25/h4-17,19H,1-3H3,(H,33,36). The fourth-order valence-corrected chi connectivity index (χ4v) is 4.45. The molecule has 0 saturated heterocycles. The van der Waals surface area contributed by atoms with E-state index in [-0.39, 0.29) is 16.8 Å². The Bertz CT molecular complexity index is 1760. The number of pyridine rings is 1. The third-order valence-corrected chi connectivity index (χ3v) is 6.78. The van der Waals surface area contributed by atoms with Crippen molar-refractivity contribution in [1.82, 2.24) is 14.3 Å². The number of hydrogen-bond acceptors (Lipinski definition) is 5. The van der Waals surface area contributed by atoms with E-state index in [4.69, 9.17) is 16.3 Å². The number of amides is 1. The highest BCUT2D eigenvalue weighted by molar-refractivity contribution is 6.30. The maximum Gasteiger partial charge on any atom is 0.339 e. The highest BCUT2D eigenvalue weighted by Gasteiger charge is 2.25. The van der Waals surface area contributed by atoms with E-state index in [1.165, 1.54) is 11.6 Å². The minimum atomic E-state index is -1.17. The number of hydrogen-bond donors (Lipinski definition) is 1. The second kappa shape index (κ2) is 10.6. The average Bonchev–Trinajstić information content (AvgIpc) is 3.15. The van der Waals surface area contributed by atoms with E-state index in [1.807, 2.05) is 36.4 Å². The summed E-state index contributed by atoms with van der Waals surface area (Å²) >= 11 is 6.03. The molecule has 1 amide bonds. The van der Waals surface area contributed by atoms with Gasteiger partial charge < -0.3 is 10.1 Å². The number of esters is 1. The molecule has 8 nitrogen and oxygen atoms in total. The molecular formula is C30H25ClN4O4. The van der Waals surface area contributed by atoms with E-state index in [1.54, 1.807) is 67.2 Å². The zero-order chi connectivity index (χ0) is 27.7. The second-order valence-electron chi connectivity index (χ2n) is 9.05. The number of aromatic nitrogens is 3. The summed E-state index contributed by atoms with van der Waals surface area (Å²) in [6.07, 6.45) is -1.17. The topological polar surface area (TPSA) is 95.2 Å². The normalized spacial score (nSPS) is 11.8. The third-order valence-electron chi connectivity index (χ3n) is 6.53. The Morgan fingerprint density at radius 3 is 2.36 bits per heavy atom. The van der Waals surface area contributed by atoms with E-state index in [0.29, 0.717) is 33.0 Å². The number of nitrogens with zero attached hydrogens (tertiary/aromatic N) is 3. The Hall–Kier alpha value is -4.69. The van der Waals surface area contributed by atoms with Gasteiger partial charge in [0.1, 0.15) is 5.69 Å². The quantitative estimate of drug-likeness (QED) is 0.285. The molecule has 0 bridgehead atoms. The van der Waals surface area contributed by atoms with Gasteiger partial charge in [-0.05, 0) is 50.2 Å². The van der Waals surface area contributed by atoms with Gasteiger partial charge in [-0.1, -0.05) is 60.1 Å². The van der Waals surface area contributed by atoms with Crippen molar-refractivity contribution in [3.8, 4) is 16.9 Å². The number of carbonyl (C=O) groups excluding carboxylic acids is 2. The molecule has 5 rings (SSSR count). The van der Waals surface area contributed by atoms with Crippen LogP contribution in [0.3, 0.4) is 0 Å². The van der Waals surface area contributed by atoms with Crippen LogP contribution in [0.2, 0.25) is 5.02 Å². The van der Waals surface area contributed by atoms with Crippen molar-refractivity contribution in [1.29, 1.82) is 0 Å². The molecule has 0 fully saturated rings. The molecule has 0 saturated carbocycles. The number of anilines is 1. The van der Waals surface area contributed by atoms with Gasteiger partial charge in [-0.2, -0.15) is 0 Å². The van der Waals surface area contributed by atoms with Gasteiger partial charge in [-0.25, -0.2) is 14.5 Å². The molecule has 0 aliphatic carbocycles. The first-order valence-electron chi connectivity index (χ1n) is 12.3. The number of ether oxygens (including phenoxy) is 1. The summed E-state index contributed by atoms with van der Waals surface area (Å²) in [5.41, 5.74) is 3.17. The predicted octanol–water partition coefficient (Wildman–Crippen LogP) is 5.54. The minimum Gasteiger partial charge on any atom is -0.449 e. The lowest BCUT2D eigenvalue weighted by Gasteiger charge is -2.15. The predicted molar refractivity (Wildman–Crippen MR) is 151 cm³/mol. The Kier molecular flexibility index (Phi) is 7.04. The molecule has 2 heterocycles. The van der Waals surface area contributed by atoms with Crippen LogP contribution < -0.4 is 10.9 Å². The first-order chi connectivity index (χ1) is 18.7. The van der Waals surface area contributed by atoms with Gasteiger partial charge in [0, 0.05) is 23.0 Å². The first kappa shape index (κ1) is 25.9. The highest BCUT2D eigenvalue weighted by Crippen LogP contribution is 2.27. The van der Waals surface area contributed by atoms with Crippen LogP contribution in [0.4, 0.5) is 5.69 Å². The number of carbonyl (C=O) groups is 2. The lowest BCUT2D eigenvalue weighted by Crippen LogP contribution is -2.32. The fourth-order valence-electron chi connectivity index (χ4n) is 4.33. The summed E-state index contributed by atoms with van der Waals surface area (Å²) in [5.74, 6) is -1.30. The number of rotatable bonds is 6. The molecule has 1 atom stereocenters. The zero-order valence-corrected chi connectivity index (χ0v) is 22.3. The Labute approximate surface area is 229 Å². The summed E-state index contributed by atoms with van der Waals surface area (Å²) in [5, 5.41) is 3.83. The summed E-state index contributed by atoms with van der Waals surface area (Å²) in [7, 11) is 1.73. The van der Waals surface area contributed by atoms with Crippen molar-refractivity contribution in [3.05, 3.63) is 112 Å². The lowest BCUT2D eigenvalue weighted by molar-refractivity contribution is -0.123. The molecule has 5 aromatic rings. The number of halogens is 1. The van der Waals surface area contributed by atoms with Crippen molar-refractivity contribution in [2.75, 3.05) is 5.32 Å². The molecule has 0 aliphatic rings. The first-order valence-corrected chi connectivity index (χ1v) is 12.6. The summed E-state index contributed by atoms with van der Waals surface area (Å²) in [4.78, 5) is 44.2. The van der Waals surface area contributed by atoms with Gasteiger partial charge in [0.05, 0.1) is 28.2 Å². The minimum absolute atomic E-state index is 0.119. The monoisotopic (exact) mass is 540 g/mol. The SMILES string of the molecule is Cc1c(NC(=O)C(C)OC(=O)c2cc(-c3ccc(Cl)cc3)nc3ccccc23)c(=O)n(-c2ccccc2)n1C. The summed E-state index contributed by atoms with van der Waals surface area (Å²) in [6.45, 7) is 3.19. The van der Waals surface area contributed by atoms with Crippen molar-refractivity contribution in [3.63, 3.8) is 0 Å². The van der Waals surface area contributed by atoms with E-state index >= 15 is 0 Å². The molecule has 196 valence electrons. The second-order valence-corrected chi connectivity index (χ2v) is 9.49. The molecule has 0 spiro atoms. The van der Waals surface area contributed by atoms with Crippen LogP contribution in [0.1, 0.15) is 23.0 Å². The maximum atomic E-state index is 13.3. The summed E-state index contributed by atoms with van der Waals surface area (Å²) in [6, 6.07) is 25.1. The van der Waals surface area contributed by atoms with Crippen molar-refractivity contribution < 1.29 is 14.3 Å². The third kappa shape index (κ3) is 5.06. The van der Waals surface area contributed by atoms with Gasteiger partial charge in [-0.3, -0.25) is 14.3 Å². The van der Waals surface area contributed by atoms with E-state index in [2.05, 4.69) is 10.3 Å². The van der Waals surface area contributed by atoms with Gasteiger partial charge in [0.15, 0.2) is 6.10 Å². The smallest absolute Gasteiger partial charge is 0.339 e. The van der Waals surface area contributed by atoms with Crippen LogP contribution in [0, 0.1) is 6.92 Å². The lowest BCUT2D eigenvalue weighted by atomic mass is 10.0. The molecule has 3 aromatic carbocycles. The van der Waals surface area contributed by atoms with Crippen LogP contribution in [0.15, 0.2) is 89.7 Å². The number of para-hydroxylation sites is 2. The van der Waals surface area contributed by atoms with E-state index in [9.17, 15) is 14.4 Å². The Morgan fingerprint density at radius 1 is 0.974 bits per heavy atom. The molecule has 0 radical (unpaired) electrons. The zero-order valence-electron chi connectivity index (χ0n) is 21.5. The van der Waals surface area contributed by atoms with Gasteiger partial charge >= 0.3 is 5.97 Å². The molecule has 1 N–H and O–H groups in total. The molecular weight excluding hydrogens is 516 g/mol. The molecule has 9 heteroatoms. The van der Waals surface area contributed by atoms with Crippen LogP contribution in [0.5, 0.6) is 0 Å². The van der Waals surface area contributed by atoms with Gasteiger partial charge in [0.2, 0.25) is 0 Å². The van der Waals surface area contributed by atoms with Crippen LogP contribution in [-0.2, 0) is 16.6 Å². The number of benzene rings is 3. The number of fused-ring (bicyclic) bond motifs is 1. The Morgan fingerprint density at radius 2 is 1.64 bits per heavy atom. The van der Waals surface area contributed by atoms with Gasteiger partial charge in [0.25, 0.3) is 11.5 Å². The van der Waals surface area contributed by atoms with Crippen molar-refractivity contribution >= 4 is 40.1 Å². The maximum absolute atomic E-state index is 13.3. The Balaban J connectivity index is 1.41. The number of nitrogens with one attached hydrogen (secondary N) is 1. The van der Waals surface area contributed by atoms with Gasteiger partial charge in [-0.15, -0.1) is 0 Å². The van der Waals surface area contributed by atoms with Crippen LogP contribution in [-0.4, -0.2) is 32.3 Å². The summed E-state index contributed by atoms with van der Waals surface area (Å²) < 4.78 is 8.69. The van der Waals surface area contributed by atoms with E-state index in [0.717, 1.165) is 5.56 Å². The van der Waals surface area contributed by atoms with Crippen molar-refractivity contribution in [2.24, 2.45) is 7.05 Å². The fraction of sp³-hybridized carbons (Fsp3) is 0.133. The van der Waals surface area contributed by atoms with E-state index < -0.39 is 18.0 Å². The largest absolute Gasteiger partial charge is 0.449 e. The molecule has 2 aromatic heterocycles. The molecule has 1 unspecified atom stereocenters. The van der Waals surface area contributed by atoms with Crippen LogP contribution in [0.25, 0.3) is 27.8 Å². The molecule has 39 heavy (non-hydrogen) atoms. The highest BCUT2D eigenvalue weighted by atomic mass is 35.5.